The van der Waals surface area contributed by atoms with Crippen LogP contribution < -0.4 is 5.32 Å². The van der Waals surface area contributed by atoms with Gasteiger partial charge in [-0.2, -0.15) is 0 Å². The average molecular weight is 423 g/mol. The molecule has 1 aliphatic carbocycles. The van der Waals surface area contributed by atoms with Crippen molar-refractivity contribution in [3.63, 3.8) is 0 Å². The maximum Gasteiger partial charge on any atom is 0.333 e. The van der Waals surface area contributed by atoms with Crippen LogP contribution >= 0.6 is 0 Å². The minimum absolute atomic E-state index is 0.0157. The summed E-state index contributed by atoms with van der Waals surface area (Å²) in [6, 6.07) is -1.30. The largest absolute Gasteiger partial charge is 0.333 e. The maximum absolute atomic E-state index is 12.6. The Morgan fingerprint density at radius 1 is 1.23 bits per heavy atom. The number of imide groups is 1. The van der Waals surface area contributed by atoms with E-state index in [4.69, 9.17) is 0 Å². The number of fused-ring (bicyclic) bond motifs is 2. The molecule has 0 bridgehead atoms. The molecule has 4 aliphatic rings. The van der Waals surface area contributed by atoms with Crippen LogP contribution in [0, 0.1) is 5.92 Å². The summed E-state index contributed by atoms with van der Waals surface area (Å²) < 4.78 is 1.47. The summed E-state index contributed by atoms with van der Waals surface area (Å²) in [7, 11) is 2.93. The van der Waals surface area contributed by atoms with E-state index in [0.717, 1.165) is 23.3 Å². The van der Waals surface area contributed by atoms with Crippen molar-refractivity contribution in [2.24, 2.45) is 15.9 Å². The number of nitrogens with one attached hydrogen (secondary N) is 1. The summed E-state index contributed by atoms with van der Waals surface area (Å²) in [6.45, 7) is 1.89. The Morgan fingerprint density at radius 2 is 2.00 bits per heavy atom. The van der Waals surface area contributed by atoms with E-state index in [0.29, 0.717) is 11.4 Å². The predicted molar refractivity (Wildman–Crippen MR) is 113 cm³/mol. The van der Waals surface area contributed by atoms with Crippen molar-refractivity contribution < 1.29 is 23.8 Å². The second-order valence-corrected chi connectivity index (χ2v) is 7.74. The Bertz CT molecular complexity index is 1080. The molecule has 4 rings (SSSR count). The third-order valence-electron chi connectivity index (χ3n) is 5.59. The van der Waals surface area contributed by atoms with Gasteiger partial charge >= 0.3 is 6.03 Å². The van der Waals surface area contributed by atoms with Crippen LogP contribution in [0.3, 0.4) is 0 Å². The number of aliphatic imine (C=N–C) groups is 2. The Hall–Kier alpha value is -3.69. The third-order valence-corrected chi connectivity index (χ3v) is 5.59. The van der Waals surface area contributed by atoms with Gasteiger partial charge in [-0.25, -0.2) is 14.4 Å². The van der Waals surface area contributed by atoms with Gasteiger partial charge < -0.3 is 5.32 Å². The standard InChI is InChI=1S/C21H22N6O4/c1-4-5-12-8-16(28)24-15-9-13(6-7-14(12)15)23-17(29)10-27-11-22-19-18(27)20(30)26(3)21(31)25(19)2/h6-9,11,14,18H,4-5,10H2,1-3H3/p+1. The van der Waals surface area contributed by atoms with E-state index in [1.165, 1.54) is 29.9 Å². The first-order chi connectivity index (χ1) is 14.8. The van der Waals surface area contributed by atoms with Crippen molar-refractivity contribution in [3.8, 4) is 0 Å². The number of amides is 5. The highest BCUT2D eigenvalue weighted by Crippen LogP contribution is 2.29. The SMILES string of the molecule is CCCC1=CC(=O)NC2=CC(=NC(=O)C[N+]3=CN=C4C3C(=O)N(C)C(=O)N4C)C=CC12. The number of allylic oxidation sites excluding steroid dienone is 3. The molecule has 0 aromatic heterocycles. The smallest absolute Gasteiger partial charge is 0.325 e. The molecule has 3 aliphatic heterocycles. The second-order valence-electron chi connectivity index (χ2n) is 7.74. The molecule has 0 saturated carbocycles. The Kier molecular flexibility index (Phi) is 5.22. The molecule has 0 aromatic carbocycles. The van der Waals surface area contributed by atoms with Crippen LogP contribution in [0.15, 0.2) is 45.6 Å². The lowest BCUT2D eigenvalue weighted by molar-refractivity contribution is -0.519. The van der Waals surface area contributed by atoms with Gasteiger partial charge in [-0.3, -0.25) is 24.2 Å². The van der Waals surface area contributed by atoms with Crippen LogP contribution in [0.1, 0.15) is 19.8 Å². The van der Waals surface area contributed by atoms with E-state index in [-0.39, 0.29) is 24.2 Å². The van der Waals surface area contributed by atoms with Gasteiger partial charge in [0, 0.05) is 31.8 Å². The lowest BCUT2D eigenvalue weighted by Crippen LogP contribution is -2.61. The van der Waals surface area contributed by atoms with Crippen molar-refractivity contribution in [2.75, 3.05) is 20.6 Å². The van der Waals surface area contributed by atoms with Gasteiger partial charge in [0.25, 0.3) is 30.0 Å². The predicted octanol–water partition coefficient (Wildman–Crippen LogP) is 0.226. The lowest BCUT2D eigenvalue weighted by Gasteiger charge is -2.30. The molecule has 2 unspecified atom stereocenters. The third kappa shape index (κ3) is 3.65. The lowest BCUT2D eigenvalue weighted by atomic mass is 9.85. The molecule has 10 nitrogen and oxygen atoms in total. The fraction of sp³-hybridized carbons (Fsp3) is 0.381. The highest BCUT2D eigenvalue weighted by molar-refractivity contribution is 6.21. The van der Waals surface area contributed by atoms with Crippen molar-refractivity contribution in [1.29, 1.82) is 0 Å². The quantitative estimate of drug-likeness (QED) is 0.652. The fourth-order valence-corrected chi connectivity index (χ4v) is 4.06. The van der Waals surface area contributed by atoms with Crippen LogP contribution in [-0.4, -0.2) is 82.7 Å². The molecule has 0 spiro atoms. The fourth-order valence-electron chi connectivity index (χ4n) is 4.06. The van der Waals surface area contributed by atoms with Gasteiger partial charge in [0.1, 0.15) is 0 Å². The molecule has 1 fully saturated rings. The molecular formula is C21H23N6O4+. The molecule has 1 saturated heterocycles. The van der Waals surface area contributed by atoms with Gasteiger partial charge in [-0.05, 0) is 23.6 Å². The first-order valence-electron chi connectivity index (χ1n) is 10.0. The van der Waals surface area contributed by atoms with Crippen molar-refractivity contribution in [2.45, 2.75) is 25.8 Å². The highest BCUT2D eigenvalue weighted by Gasteiger charge is 2.50. The number of hydrogen-bond donors (Lipinski definition) is 1. The van der Waals surface area contributed by atoms with Gasteiger partial charge in [-0.1, -0.05) is 25.0 Å². The summed E-state index contributed by atoms with van der Waals surface area (Å²) in [6.07, 6.45) is 10.1. The summed E-state index contributed by atoms with van der Waals surface area (Å²) in [5.74, 6) is -0.820. The summed E-state index contributed by atoms with van der Waals surface area (Å²) in [5.41, 5.74) is 2.16. The molecule has 10 heteroatoms. The molecule has 3 heterocycles. The van der Waals surface area contributed by atoms with Crippen molar-refractivity contribution in [3.05, 3.63) is 35.6 Å². The number of carbonyl (C=O) groups excluding carboxylic acids is 4. The average Bonchev–Trinajstić information content (AvgIpc) is 3.14. The zero-order valence-corrected chi connectivity index (χ0v) is 17.5. The molecule has 5 amide bonds. The number of hydrogen-bond acceptors (Lipinski definition) is 5. The van der Waals surface area contributed by atoms with Crippen LogP contribution in [0.25, 0.3) is 0 Å². The highest BCUT2D eigenvalue weighted by atomic mass is 16.2. The number of amidine groups is 1. The number of urea groups is 1. The topological polar surface area (TPSA) is 115 Å². The molecule has 160 valence electrons. The summed E-state index contributed by atoms with van der Waals surface area (Å²) in [5, 5.41) is 2.82. The summed E-state index contributed by atoms with van der Waals surface area (Å²) in [4.78, 5) is 59.7. The minimum atomic E-state index is -0.833. The first kappa shape index (κ1) is 20.6. The van der Waals surface area contributed by atoms with Gasteiger partial charge in [0.05, 0.1) is 5.71 Å². The van der Waals surface area contributed by atoms with E-state index in [9.17, 15) is 19.2 Å². The van der Waals surface area contributed by atoms with Crippen LogP contribution in [0.2, 0.25) is 0 Å². The molecule has 0 aromatic rings. The monoisotopic (exact) mass is 423 g/mol. The Labute approximate surface area is 179 Å². The molecule has 2 atom stereocenters. The minimum Gasteiger partial charge on any atom is -0.325 e. The number of rotatable bonds is 4. The van der Waals surface area contributed by atoms with E-state index in [1.54, 1.807) is 18.2 Å². The van der Waals surface area contributed by atoms with Crippen LogP contribution in [-0.2, 0) is 14.4 Å². The number of carbonyl (C=O) groups is 4. The van der Waals surface area contributed by atoms with Gasteiger partial charge in [-0.15, -0.1) is 0 Å². The molecule has 31 heavy (non-hydrogen) atoms. The zero-order chi connectivity index (χ0) is 22.3. The normalized spacial score (nSPS) is 26.2. The van der Waals surface area contributed by atoms with Gasteiger partial charge in [0.15, 0.2) is 6.54 Å². The van der Waals surface area contributed by atoms with Gasteiger partial charge in [0.2, 0.25) is 5.91 Å². The van der Waals surface area contributed by atoms with E-state index >= 15 is 0 Å². The van der Waals surface area contributed by atoms with E-state index in [1.807, 2.05) is 6.08 Å². The Balaban J connectivity index is 1.48. The maximum atomic E-state index is 12.6. The van der Waals surface area contributed by atoms with Crippen molar-refractivity contribution in [1.82, 2.24) is 15.1 Å². The van der Waals surface area contributed by atoms with E-state index < -0.39 is 23.9 Å². The molecule has 1 N–H and O–H groups in total. The number of likely N-dealkylation sites (N-methyl/N-ethyl adjacent to an activating group) is 2. The van der Waals surface area contributed by atoms with E-state index in [2.05, 4.69) is 22.2 Å². The number of nitrogens with zero attached hydrogens (tertiary/aromatic N) is 5. The van der Waals surface area contributed by atoms with Crippen molar-refractivity contribution >= 4 is 41.6 Å². The van der Waals surface area contributed by atoms with Crippen LogP contribution in [0.4, 0.5) is 4.79 Å². The first-order valence-corrected chi connectivity index (χ1v) is 10.0. The Morgan fingerprint density at radius 3 is 2.74 bits per heavy atom. The molecular weight excluding hydrogens is 400 g/mol. The zero-order valence-electron chi connectivity index (χ0n) is 17.5. The second kappa shape index (κ2) is 7.86. The molecule has 0 radical (unpaired) electrons. The van der Waals surface area contributed by atoms with Crippen LogP contribution in [0.5, 0.6) is 0 Å². The summed E-state index contributed by atoms with van der Waals surface area (Å²) >= 11 is 0.